The number of carbonyl (C=O) groups is 1. The zero-order valence-electron chi connectivity index (χ0n) is 17.9. The van der Waals surface area contributed by atoms with E-state index in [2.05, 4.69) is 0 Å². The topological polar surface area (TPSA) is 66.5 Å². The third-order valence-electron chi connectivity index (χ3n) is 5.17. The van der Waals surface area contributed by atoms with Gasteiger partial charge in [-0.3, -0.25) is 4.90 Å². The first kappa shape index (κ1) is 19.4. The summed E-state index contributed by atoms with van der Waals surface area (Å²) in [6, 6.07) is 13.6. The Balaban J connectivity index is 1.70. The van der Waals surface area contributed by atoms with Crippen molar-refractivity contribution in [3.05, 3.63) is 42.5 Å². The fourth-order valence-corrected chi connectivity index (χ4v) is 3.78. The summed E-state index contributed by atoms with van der Waals surface area (Å²) in [4.78, 5) is 14.5. The van der Waals surface area contributed by atoms with Crippen molar-refractivity contribution in [3.63, 3.8) is 0 Å². The van der Waals surface area contributed by atoms with Gasteiger partial charge in [-0.05, 0) is 56.0 Å². The Hall–Kier alpha value is -3.61. The number of fused-ring (bicyclic) bond motifs is 3. The first-order valence-corrected chi connectivity index (χ1v) is 10.0. The maximum Gasteiger partial charge on any atom is 0.414 e. The van der Waals surface area contributed by atoms with E-state index >= 15 is 0 Å². The van der Waals surface area contributed by atoms with Gasteiger partial charge in [-0.15, -0.1) is 0 Å². The normalized spacial score (nSPS) is 14.1. The van der Waals surface area contributed by atoms with Crippen LogP contribution < -0.4 is 23.8 Å². The maximum absolute atomic E-state index is 13.0. The molecule has 7 nitrogen and oxygen atoms in total. The molecule has 2 aliphatic rings. The Labute approximate surface area is 180 Å². The number of ether oxygens (including phenoxy) is 5. The second-order valence-corrected chi connectivity index (χ2v) is 8.50. The molecule has 2 aliphatic heterocycles. The van der Waals surface area contributed by atoms with Crippen LogP contribution in [-0.2, 0) is 4.74 Å². The highest BCUT2D eigenvalue weighted by atomic mass is 16.7. The molecule has 3 aromatic rings. The first-order chi connectivity index (χ1) is 14.8. The van der Waals surface area contributed by atoms with E-state index in [0.29, 0.717) is 28.7 Å². The van der Waals surface area contributed by atoms with E-state index in [1.807, 2.05) is 63.2 Å². The van der Waals surface area contributed by atoms with Gasteiger partial charge < -0.3 is 23.7 Å². The monoisotopic (exact) mass is 421 g/mol. The molecule has 0 fully saturated rings. The Kier molecular flexibility index (Phi) is 4.36. The minimum atomic E-state index is -0.618. The van der Waals surface area contributed by atoms with Crippen LogP contribution in [0.25, 0.3) is 21.9 Å². The second-order valence-electron chi connectivity index (χ2n) is 8.50. The number of carbonyl (C=O) groups excluding carboxylic acids is 1. The van der Waals surface area contributed by atoms with E-state index in [-0.39, 0.29) is 13.6 Å². The average Bonchev–Trinajstić information content (AvgIpc) is 3.37. The van der Waals surface area contributed by atoms with Gasteiger partial charge in [0, 0.05) is 18.0 Å². The molecule has 0 unspecified atom stereocenters. The minimum Gasteiger partial charge on any atom is -0.454 e. The number of nitrogens with zero attached hydrogens (tertiary/aromatic N) is 1. The van der Waals surface area contributed by atoms with Gasteiger partial charge in [0.15, 0.2) is 23.0 Å². The summed E-state index contributed by atoms with van der Waals surface area (Å²) in [6.45, 7) is 5.92. The third-order valence-corrected chi connectivity index (χ3v) is 5.17. The number of hydrogen-bond donors (Lipinski definition) is 0. The lowest BCUT2D eigenvalue weighted by Gasteiger charge is -2.27. The Morgan fingerprint density at radius 3 is 2.23 bits per heavy atom. The van der Waals surface area contributed by atoms with Crippen LogP contribution in [0.15, 0.2) is 42.5 Å². The highest BCUT2D eigenvalue weighted by Crippen LogP contribution is 2.45. The zero-order valence-corrected chi connectivity index (χ0v) is 17.9. The van der Waals surface area contributed by atoms with Gasteiger partial charge in [0.05, 0.1) is 5.69 Å². The summed E-state index contributed by atoms with van der Waals surface area (Å²) in [7, 11) is 1.71. The van der Waals surface area contributed by atoms with Gasteiger partial charge in [0.1, 0.15) is 5.60 Å². The smallest absolute Gasteiger partial charge is 0.414 e. The lowest BCUT2D eigenvalue weighted by atomic mass is 9.97. The molecule has 0 radical (unpaired) electrons. The summed E-state index contributed by atoms with van der Waals surface area (Å²) in [5, 5.41) is 1.78. The average molecular weight is 421 g/mol. The Morgan fingerprint density at radius 2 is 1.52 bits per heavy atom. The summed E-state index contributed by atoms with van der Waals surface area (Å²) >= 11 is 0. The van der Waals surface area contributed by atoms with Crippen molar-refractivity contribution >= 4 is 22.6 Å². The molecule has 0 atom stereocenters. The number of rotatable bonds is 2. The molecule has 0 saturated heterocycles. The lowest BCUT2D eigenvalue weighted by molar-refractivity contribution is 0.0590. The van der Waals surface area contributed by atoms with E-state index in [4.69, 9.17) is 23.7 Å². The highest BCUT2D eigenvalue weighted by Gasteiger charge is 2.26. The van der Waals surface area contributed by atoms with Crippen molar-refractivity contribution in [3.8, 4) is 34.1 Å². The predicted molar refractivity (Wildman–Crippen MR) is 116 cm³/mol. The quantitative estimate of drug-likeness (QED) is 0.557. The molecule has 0 spiro atoms. The Bertz CT molecular complexity index is 1200. The van der Waals surface area contributed by atoms with Gasteiger partial charge in [-0.2, -0.15) is 0 Å². The van der Waals surface area contributed by atoms with Crippen LogP contribution in [0.1, 0.15) is 20.8 Å². The van der Waals surface area contributed by atoms with Crippen molar-refractivity contribution in [1.29, 1.82) is 0 Å². The molecule has 160 valence electrons. The molecule has 5 rings (SSSR count). The molecule has 2 heterocycles. The first-order valence-electron chi connectivity index (χ1n) is 10.0. The molecule has 0 aliphatic carbocycles. The van der Waals surface area contributed by atoms with E-state index in [9.17, 15) is 4.79 Å². The lowest BCUT2D eigenvalue weighted by Crippen LogP contribution is -2.34. The van der Waals surface area contributed by atoms with Gasteiger partial charge >= 0.3 is 6.09 Å². The summed E-state index contributed by atoms with van der Waals surface area (Å²) in [6.07, 6.45) is -0.445. The number of hydrogen-bond acceptors (Lipinski definition) is 6. The van der Waals surface area contributed by atoms with Crippen LogP contribution in [0, 0.1) is 0 Å². The fourth-order valence-electron chi connectivity index (χ4n) is 3.78. The van der Waals surface area contributed by atoms with Gasteiger partial charge in [-0.1, -0.05) is 18.2 Å². The molecule has 31 heavy (non-hydrogen) atoms. The fraction of sp³-hybridized carbons (Fsp3) is 0.292. The largest absolute Gasteiger partial charge is 0.454 e. The molecule has 0 bridgehead atoms. The van der Waals surface area contributed by atoms with E-state index in [1.165, 1.54) is 4.90 Å². The van der Waals surface area contributed by atoms with E-state index in [0.717, 1.165) is 21.9 Å². The zero-order chi connectivity index (χ0) is 21.8. The SMILES string of the molecule is CN(C(=O)OC(C)(C)C)c1c(-c2ccc3c(c2)OCO3)ccc2cc3c(cc12)OCO3. The van der Waals surface area contributed by atoms with Crippen LogP contribution in [-0.4, -0.2) is 32.3 Å². The van der Waals surface area contributed by atoms with Gasteiger partial charge in [0.2, 0.25) is 13.6 Å². The molecular weight excluding hydrogens is 398 g/mol. The molecule has 0 aromatic heterocycles. The minimum absolute atomic E-state index is 0.178. The number of benzene rings is 3. The standard InChI is InChI=1S/C24H23NO6/c1-24(2,3)31-23(26)25(4)22-16(14-6-8-18-19(9-14)28-12-27-18)7-5-15-10-20-21(11-17(15)22)30-13-29-20/h5-11H,12-13H2,1-4H3. The maximum atomic E-state index is 13.0. The van der Waals surface area contributed by atoms with Crippen LogP contribution in [0.2, 0.25) is 0 Å². The summed E-state index contributed by atoms with van der Waals surface area (Å²) < 4.78 is 27.8. The predicted octanol–water partition coefficient (Wildman–Crippen LogP) is 5.34. The summed E-state index contributed by atoms with van der Waals surface area (Å²) in [5.41, 5.74) is 1.85. The van der Waals surface area contributed by atoms with Crippen LogP contribution in [0.3, 0.4) is 0 Å². The van der Waals surface area contributed by atoms with Crippen molar-refractivity contribution in [2.24, 2.45) is 0 Å². The molecule has 0 N–H and O–H groups in total. The highest BCUT2D eigenvalue weighted by molar-refractivity contribution is 6.08. The van der Waals surface area contributed by atoms with Gasteiger partial charge in [0.25, 0.3) is 0 Å². The number of anilines is 1. The molecule has 3 aromatic carbocycles. The third kappa shape index (κ3) is 3.46. The van der Waals surface area contributed by atoms with Crippen molar-refractivity contribution in [2.45, 2.75) is 26.4 Å². The van der Waals surface area contributed by atoms with Gasteiger partial charge in [-0.25, -0.2) is 4.79 Å². The Morgan fingerprint density at radius 1 is 0.871 bits per heavy atom. The molecule has 7 heteroatoms. The van der Waals surface area contributed by atoms with E-state index < -0.39 is 11.7 Å². The second kappa shape index (κ2) is 6.97. The molecule has 0 saturated carbocycles. The van der Waals surface area contributed by atoms with Crippen molar-refractivity contribution in [2.75, 3.05) is 25.5 Å². The summed E-state index contributed by atoms with van der Waals surface area (Å²) in [5.74, 6) is 2.72. The van der Waals surface area contributed by atoms with Crippen LogP contribution in [0.4, 0.5) is 10.5 Å². The van der Waals surface area contributed by atoms with Crippen LogP contribution in [0.5, 0.6) is 23.0 Å². The van der Waals surface area contributed by atoms with Crippen molar-refractivity contribution in [1.82, 2.24) is 0 Å². The number of amides is 1. The molecular formula is C24H23NO6. The van der Waals surface area contributed by atoms with Crippen molar-refractivity contribution < 1.29 is 28.5 Å². The molecule has 1 amide bonds. The van der Waals surface area contributed by atoms with E-state index in [1.54, 1.807) is 7.05 Å². The van der Waals surface area contributed by atoms with Crippen LogP contribution >= 0.6 is 0 Å².